The summed E-state index contributed by atoms with van der Waals surface area (Å²) in [7, 11) is 0. The van der Waals surface area contributed by atoms with Gasteiger partial charge in [-0.2, -0.15) is 0 Å². The quantitative estimate of drug-likeness (QED) is 0.105. The zero-order valence-electron chi connectivity index (χ0n) is 32.7. The average molecular weight is 795 g/mol. The van der Waals surface area contributed by atoms with Crippen molar-refractivity contribution in [2.45, 2.75) is 88.6 Å². The van der Waals surface area contributed by atoms with Crippen LogP contribution in [-0.4, -0.2) is 87.8 Å². The third-order valence-electron chi connectivity index (χ3n) is 11.9. The summed E-state index contributed by atoms with van der Waals surface area (Å²) in [6, 6.07) is 15.7. The van der Waals surface area contributed by atoms with Crippen molar-refractivity contribution in [3.8, 4) is 22.4 Å². The lowest BCUT2D eigenvalue weighted by Gasteiger charge is -2.37. The second kappa shape index (κ2) is 19.3. The lowest BCUT2D eigenvalue weighted by Crippen LogP contribution is -2.47. The second-order valence-electron chi connectivity index (χ2n) is 15.9. The molecule has 14 heteroatoms. The molecule has 4 aliphatic rings. The van der Waals surface area contributed by atoms with E-state index < -0.39 is 11.9 Å². The third kappa shape index (κ3) is 10.5. The van der Waals surface area contributed by atoms with Gasteiger partial charge < -0.3 is 25.4 Å². The molecule has 2 aromatic carbocycles. The van der Waals surface area contributed by atoms with Crippen LogP contribution in [0.1, 0.15) is 82.1 Å². The predicted molar refractivity (Wildman–Crippen MR) is 219 cm³/mol. The van der Waals surface area contributed by atoms with Crippen LogP contribution >= 0.6 is 0 Å². The molecule has 3 saturated heterocycles. The van der Waals surface area contributed by atoms with E-state index in [2.05, 4.69) is 35.8 Å². The highest BCUT2D eigenvalue weighted by atomic mass is 19.1. The minimum Gasteiger partial charge on any atom is -0.374 e. The van der Waals surface area contributed by atoms with E-state index in [4.69, 9.17) is 0 Å². The number of amides is 3. The van der Waals surface area contributed by atoms with Gasteiger partial charge >= 0.3 is 0 Å². The lowest BCUT2D eigenvalue weighted by molar-refractivity contribution is -0.133. The normalized spacial score (nSPS) is 19.8. The lowest BCUT2D eigenvalue weighted by atomic mass is 9.88. The van der Waals surface area contributed by atoms with E-state index in [1.807, 2.05) is 23.1 Å². The maximum absolute atomic E-state index is 14.8. The monoisotopic (exact) mass is 794 g/mol. The predicted octanol–water partition coefficient (Wildman–Crippen LogP) is 6.47. The van der Waals surface area contributed by atoms with Gasteiger partial charge in [0.05, 0.1) is 6.20 Å². The number of carbonyl (C=O) groups is 3. The van der Waals surface area contributed by atoms with Crippen LogP contribution in [0.3, 0.4) is 0 Å². The van der Waals surface area contributed by atoms with Crippen LogP contribution in [-0.2, 0) is 14.4 Å². The number of likely N-dealkylation sites (tertiary alicyclic amines) is 2. The summed E-state index contributed by atoms with van der Waals surface area (Å²) >= 11 is 0. The van der Waals surface area contributed by atoms with Crippen molar-refractivity contribution in [2.75, 3.05) is 43.4 Å². The van der Waals surface area contributed by atoms with Crippen LogP contribution in [0.5, 0.6) is 0 Å². The Bertz CT molecular complexity index is 2110. The number of nitrogens with zero attached hydrogens (tertiary/aromatic N) is 4. The Morgan fingerprint density at radius 1 is 0.810 bits per heavy atom. The second-order valence-corrected chi connectivity index (χ2v) is 15.9. The van der Waals surface area contributed by atoms with Crippen molar-refractivity contribution < 1.29 is 23.2 Å². The van der Waals surface area contributed by atoms with Gasteiger partial charge in [0.15, 0.2) is 5.82 Å². The third-order valence-corrected chi connectivity index (χ3v) is 11.9. The number of aromatic nitrogens is 3. The first-order valence-corrected chi connectivity index (χ1v) is 20.6. The van der Waals surface area contributed by atoms with Crippen LogP contribution in [0.2, 0.25) is 0 Å². The van der Waals surface area contributed by atoms with Gasteiger partial charge in [-0.05, 0) is 111 Å². The van der Waals surface area contributed by atoms with Crippen molar-refractivity contribution in [3.63, 3.8) is 0 Å². The van der Waals surface area contributed by atoms with Gasteiger partial charge in [-0.1, -0.05) is 43.5 Å². The Morgan fingerprint density at radius 2 is 1.59 bits per heavy atom. The van der Waals surface area contributed by atoms with Crippen molar-refractivity contribution >= 4 is 29.9 Å². The first-order valence-electron chi connectivity index (χ1n) is 20.6. The van der Waals surface area contributed by atoms with Crippen LogP contribution in [0, 0.1) is 17.6 Å². The molecule has 1 atom stereocenters. The highest BCUT2D eigenvalue weighted by molar-refractivity contribution is 6.01. The number of rotatable bonds is 10. The molecule has 0 radical (unpaired) electrons. The molecule has 2 aromatic heterocycles. The Hall–Kier alpha value is -5.50. The molecule has 0 bridgehead atoms. The molecule has 12 nitrogen and oxygen atoms in total. The molecule has 1 unspecified atom stereocenters. The first kappa shape index (κ1) is 40.7. The molecule has 3 amide bonds. The summed E-state index contributed by atoms with van der Waals surface area (Å²) in [5.74, 6) is -0.0474. The summed E-state index contributed by atoms with van der Waals surface area (Å²) in [6.45, 7) is 4.71. The Kier molecular flexibility index (Phi) is 13.5. The number of pyridine rings is 1. The zero-order valence-corrected chi connectivity index (χ0v) is 32.7. The highest BCUT2D eigenvalue weighted by Gasteiger charge is 2.29. The standard InChI is InChI=1S/C23H31FN4O3.C21H21FN4O/c24-20-13-18(25-21-3-4-22(30)26-23(21)31)1-2-19(20)17-7-11-27(12-8-17)14-16-5-9-28(15-29)10-6-16;22-18-13-24-21(25-16-8-2-1-3-9-16)26-19(18)15-7-4-6-14(12-15)17-10-5-11-23-20(17)27/h1-2,13,15-17,21,25H,3-12,14H2,(H,26,30,31);4-7,10-13,16H,1-3,8-9H2,(H,23,27)(H,24,25,26). The number of halogens is 2. The van der Waals surface area contributed by atoms with Gasteiger partial charge in [-0.3, -0.25) is 24.5 Å². The van der Waals surface area contributed by atoms with Crippen molar-refractivity contribution in [1.82, 2.24) is 30.1 Å². The average Bonchev–Trinajstić information content (AvgIpc) is 3.24. The number of anilines is 2. The zero-order chi connectivity index (χ0) is 40.4. The summed E-state index contributed by atoms with van der Waals surface area (Å²) in [5, 5.41) is 8.68. The highest BCUT2D eigenvalue weighted by Crippen LogP contribution is 2.33. The van der Waals surface area contributed by atoms with E-state index >= 15 is 0 Å². The summed E-state index contributed by atoms with van der Waals surface area (Å²) in [6.07, 6.45) is 14.3. The van der Waals surface area contributed by atoms with Crippen LogP contribution < -0.4 is 21.5 Å². The molecule has 8 rings (SSSR count). The van der Waals surface area contributed by atoms with Crippen LogP contribution in [0.4, 0.5) is 20.4 Å². The Labute approximate surface area is 337 Å². The fraction of sp³-hybridized carbons (Fsp3) is 0.455. The summed E-state index contributed by atoms with van der Waals surface area (Å²) in [5.41, 5.74) is 3.23. The molecule has 58 heavy (non-hydrogen) atoms. The van der Waals surface area contributed by atoms with Crippen LogP contribution in [0.25, 0.3) is 22.4 Å². The van der Waals surface area contributed by atoms with E-state index in [1.165, 1.54) is 31.5 Å². The molecular weight excluding hydrogens is 743 g/mol. The van der Waals surface area contributed by atoms with E-state index in [0.29, 0.717) is 53.1 Å². The number of piperidine rings is 3. The fourth-order valence-electron chi connectivity index (χ4n) is 8.56. The molecule has 4 N–H and O–H groups in total. The van der Waals surface area contributed by atoms with Gasteiger partial charge in [0.2, 0.25) is 24.2 Å². The Balaban J connectivity index is 0.000000178. The molecule has 1 aliphatic carbocycles. The summed E-state index contributed by atoms with van der Waals surface area (Å²) in [4.78, 5) is 61.6. The SMILES string of the molecule is O=CN1CCC(CN2CCC(c3ccc(NC4CCC(=O)NC4=O)cc3F)CC2)CC1.O=c1[nH]cccc1-c1cccc(-c2nc(NC3CCCCC3)ncc2F)c1. The number of carbonyl (C=O) groups excluding carboxylic acids is 3. The Morgan fingerprint density at radius 3 is 2.31 bits per heavy atom. The van der Waals surface area contributed by atoms with E-state index in [0.717, 1.165) is 83.2 Å². The number of hydrogen-bond donors (Lipinski definition) is 4. The smallest absolute Gasteiger partial charge is 0.255 e. The first-order chi connectivity index (χ1) is 28.2. The molecule has 306 valence electrons. The largest absolute Gasteiger partial charge is 0.374 e. The topological polar surface area (TPSA) is 152 Å². The maximum atomic E-state index is 14.8. The number of hydrogen-bond acceptors (Lipinski definition) is 9. The molecule has 4 fully saturated rings. The molecule has 1 saturated carbocycles. The number of nitrogens with one attached hydrogen (secondary N) is 4. The van der Waals surface area contributed by atoms with Crippen molar-refractivity contribution in [1.29, 1.82) is 0 Å². The van der Waals surface area contributed by atoms with E-state index in [1.54, 1.807) is 36.5 Å². The number of imide groups is 1. The molecule has 0 spiro atoms. The fourth-order valence-corrected chi connectivity index (χ4v) is 8.56. The number of benzene rings is 2. The van der Waals surface area contributed by atoms with Crippen molar-refractivity contribution in [3.05, 3.63) is 94.5 Å². The van der Waals surface area contributed by atoms with E-state index in [-0.39, 0.29) is 34.8 Å². The maximum Gasteiger partial charge on any atom is 0.255 e. The minimum atomic E-state index is -0.510. The number of H-pyrrole nitrogens is 1. The molecule has 5 heterocycles. The van der Waals surface area contributed by atoms with Gasteiger partial charge in [0, 0.05) is 55.1 Å². The summed E-state index contributed by atoms with van der Waals surface area (Å²) < 4.78 is 29.3. The van der Waals surface area contributed by atoms with Crippen LogP contribution in [0.15, 0.2) is 71.8 Å². The molecule has 3 aliphatic heterocycles. The van der Waals surface area contributed by atoms with Crippen molar-refractivity contribution in [2.24, 2.45) is 5.92 Å². The van der Waals surface area contributed by atoms with E-state index in [9.17, 15) is 28.0 Å². The minimum absolute atomic E-state index is 0.183. The van der Waals surface area contributed by atoms with Gasteiger partial charge in [0.1, 0.15) is 17.6 Å². The van der Waals surface area contributed by atoms with Gasteiger partial charge in [0.25, 0.3) is 5.56 Å². The van der Waals surface area contributed by atoms with Gasteiger partial charge in [-0.15, -0.1) is 0 Å². The molecule has 4 aromatic rings. The molecular formula is C44H52F2N8O4. The van der Waals surface area contributed by atoms with Gasteiger partial charge in [-0.25, -0.2) is 18.7 Å². The number of aromatic amines is 1.